The Balaban J connectivity index is 1.22. The van der Waals surface area contributed by atoms with Crippen LogP contribution in [0.2, 0.25) is 0 Å². The van der Waals surface area contributed by atoms with Crippen molar-refractivity contribution in [1.82, 2.24) is 15.1 Å². The molecule has 2 amide bonds. The molecule has 4 aliphatic rings. The van der Waals surface area contributed by atoms with Gasteiger partial charge in [-0.3, -0.25) is 14.5 Å². The second kappa shape index (κ2) is 9.53. The van der Waals surface area contributed by atoms with Gasteiger partial charge in [-0.05, 0) is 49.8 Å². The number of ether oxygens (including phenoxy) is 2. The molecule has 5 rings (SSSR count). The summed E-state index contributed by atoms with van der Waals surface area (Å²) in [6.07, 6.45) is 8.33. The van der Waals surface area contributed by atoms with E-state index in [1.165, 1.54) is 37.7 Å². The molecule has 1 spiro atoms. The number of likely N-dealkylation sites (tertiary alicyclic amines) is 1. The van der Waals surface area contributed by atoms with Crippen LogP contribution in [0, 0.1) is 5.92 Å². The zero-order valence-corrected chi connectivity index (χ0v) is 19.8. The lowest BCUT2D eigenvalue weighted by Crippen LogP contribution is -2.72. The summed E-state index contributed by atoms with van der Waals surface area (Å²) in [5.41, 5.74) is 0.484. The number of benzene rings is 1. The summed E-state index contributed by atoms with van der Waals surface area (Å²) in [7, 11) is 0. The van der Waals surface area contributed by atoms with E-state index in [9.17, 15) is 9.59 Å². The summed E-state index contributed by atoms with van der Waals surface area (Å²) in [4.78, 5) is 31.1. The third-order valence-corrected chi connectivity index (χ3v) is 8.11. The van der Waals surface area contributed by atoms with Crippen molar-refractivity contribution < 1.29 is 19.1 Å². The predicted molar refractivity (Wildman–Crippen MR) is 125 cm³/mol. The van der Waals surface area contributed by atoms with Gasteiger partial charge in [0.1, 0.15) is 24.8 Å². The van der Waals surface area contributed by atoms with E-state index in [2.05, 4.69) is 22.3 Å². The Morgan fingerprint density at radius 2 is 1.76 bits per heavy atom. The lowest BCUT2D eigenvalue weighted by Gasteiger charge is -2.51. The number of hydrogen-bond acceptors (Lipinski definition) is 5. The number of carbonyl (C=O) groups excluding carboxylic acids is 2. The Kier molecular flexibility index (Phi) is 6.50. The van der Waals surface area contributed by atoms with Crippen molar-refractivity contribution in [1.29, 1.82) is 0 Å². The fraction of sp³-hybridized carbons (Fsp3) is 0.692. The monoisotopic (exact) mass is 455 g/mol. The van der Waals surface area contributed by atoms with Gasteiger partial charge in [-0.25, -0.2) is 0 Å². The summed E-state index contributed by atoms with van der Waals surface area (Å²) in [5.74, 6) is 2.37. The van der Waals surface area contributed by atoms with Crippen molar-refractivity contribution >= 4 is 11.8 Å². The molecule has 0 radical (unpaired) electrons. The fourth-order valence-corrected chi connectivity index (χ4v) is 6.27. The van der Waals surface area contributed by atoms with Gasteiger partial charge in [0.25, 0.3) is 0 Å². The van der Waals surface area contributed by atoms with E-state index in [1.807, 2.05) is 17.9 Å². The van der Waals surface area contributed by atoms with E-state index in [0.29, 0.717) is 38.5 Å². The third kappa shape index (κ3) is 4.44. The largest absolute Gasteiger partial charge is 0.486 e. The Morgan fingerprint density at radius 3 is 2.48 bits per heavy atom. The van der Waals surface area contributed by atoms with E-state index < -0.39 is 5.54 Å². The normalized spacial score (nSPS) is 25.8. The Hall–Kier alpha value is -2.28. The Labute approximate surface area is 196 Å². The highest BCUT2D eigenvalue weighted by atomic mass is 16.6. The van der Waals surface area contributed by atoms with Crippen LogP contribution in [0.3, 0.4) is 0 Å². The number of rotatable bonds is 5. The minimum absolute atomic E-state index is 0.0590. The molecule has 1 aliphatic carbocycles. The number of fused-ring (bicyclic) bond motifs is 1. The van der Waals surface area contributed by atoms with Crippen molar-refractivity contribution in [3.63, 3.8) is 0 Å². The van der Waals surface area contributed by atoms with Crippen LogP contribution in [0.4, 0.5) is 0 Å². The van der Waals surface area contributed by atoms with Gasteiger partial charge in [0.2, 0.25) is 11.8 Å². The molecular weight excluding hydrogens is 418 g/mol. The van der Waals surface area contributed by atoms with Crippen LogP contribution in [0.25, 0.3) is 0 Å². The molecule has 1 unspecified atom stereocenters. The quantitative estimate of drug-likeness (QED) is 0.739. The first kappa shape index (κ1) is 22.5. The third-order valence-electron chi connectivity index (χ3n) is 8.11. The van der Waals surface area contributed by atoms with Gasteiger partial charge in [0.15, 0.2) is 11.5 Å². The zero-order valence-electron chi connectivity index (χ0n) is 19.8. The molecule has 1 saturated carbocycles. The molecule has 0 aromatic heterocycles. The van der Waals surface area contributed by atoms with Gasteiger partial charge in [-0.2, -0.15) is 0 Å². The van der Waals surface area contributed by atoms with Crippen molar-refractivity contribution in [3.8, 4) is 11.5 Å². The van der Waals surface area contributed by atoms with Crippen LogP contribution >= 0.6 is 0 Å². The maximum atomic E-state index is 13.4. The molecule has 1 aromatic rings. The maximum absolute atomic E-state index is 13.4. The number of piperidine rings is 1. The molecule has 1 N–H and O–H groups in total. The topological polar surface area (TPSA) is 71.1 Å². The SMILES string of the molecule is CCN1C(=O)C(CC2CCCCC2)NC(=O)C12CCN(Cc1ccc3c(c1)OCCO3)CC2. The number of nitrogens with one attached hydrogen (secondary N) is 1. The molecule has 0 bridgehead atoms. The first-order chi connectivity index (χ1) is 16.1. The molecule has 7 nitrogen and oxygen atoms in total. The van der Waals surface area contributed by atoms with Crippen molar-refractivity contribution in [2.75, 3.05) is 32.8 Å². The van der Waals surface area contributed by atoms with Crippen molar-refractivity contribution in [3.05, 3.63) is 23.8 Å². The lowest BCUT2D eigenvalue weighted by atomic mass is 9.79. The number of carbonyl (C=O) groups is 2. The summed E-state index contributed by atoms with van der Waals surface area (Å²) in [5, 5.41) is 3.16. The highest BCUT2D eigenvalue weighted by Crippen LogP contribution is 2.36. The van der Waals surface area contributed by atoms with E-state index in [4.69, 9.17) is 9.47 Å². The average Bonchev–Trinajstić information content (AvgIpc) is 2.85. The van der Waals surface area contributed by atoms with Crippen LogP contribution in [0.1, 0.15) is 63.9 Å². The molecule has 3 aliphatic heterocycles. The van der Waals surface area contributed by atoms with Gasteiger partial charge < -0.3 is 19.7 Å². The minimum Gasteiger partial charge on any atom is -0.486 e. The standard InChI is InChI=1S/C26H37N3O4/c1-2-29-24(30)21(16-19-6-4-3-5-7-19)27-25(31)26(29)10-12-28(13-11-26)18-20-8-9-22-23(17-20)33-15-14-32-22/h8-9,17,19,21H,2-7,10-16,18H2,1H3,(H,27,31). The van der Waals surface area contributed by atoms with E-state index in [0.717, 1.165) is 37.6 Å². The molecule has 3 heterocycles. The van der Waals surface area contributed by atoms with Gasteiger partial charge in [-0.1, -0.05) is 38.2 Å². The first-order valence-corrected chi connectivity index (χ1v) is 12.8. The highest BCUT2D eigenvalue weighted by molar-refractivity contribution is 6.00. The molecule has 3 fully saturated rings. The van der Waals surface area contributed by atoms with Crippen LogP contribution < -0.4 is 14.8 Å². The molecule has 2 saturated heterocycles. The van der Waals surface area contributed by atoms with Gasteiger partial charge in [0, 0.05) is 26.2 Å². The summed E-state index contributed by atoms with van der Waals surface area (Å²) in [6.45, 7) is 6.17. The number of amides is 2. The van der Waals surface area contributed by atoms with Gasteiger partial charge in [-0.15, -0.1) is 0 Å². The van der Waals surface area contributed by atoms with Crippen LogP contribution in [-0.4, -0.2) is 66.0 Å². The minimum atomic E-state index is -0.696. The molecule has 7 heteroatoms. The number of nitrogens with zero attached hydrogens (tertiary/aromatic N) is 2. The summed E-state index contributed by atoms with van der Waals surface area (Å²) >= 11 is 0. The second-order valence-electron chi connectivity index (χ2n) is 10.1. The van der Waals surface area contributed by atoms with Crippen molar-refractivity contribution in [2.24, 2.45) is 5.92 Å². The molecule has 1 aromatic carbocycles. The summed E-state index contributed by atoms with van der Waals surface area (Å²) < 4.78 is 11.3. The lowest BCUT2D eigenvalue weighted by molar-refractivity contribution is -0.161. The Bertz CT molecular complexity index is 874. The highest BCUT2D eigenvalue weighted by Gasteiger charge is 2.53. The predicted octanol–water partition coefficient (Wildman–Crippen LogP) is 3.11. The zero-order chi connectivity index (χ0) is 22.8. The number of piperazine rings is 1. The van der Waals surface area contributed by atoms with Crippen LogP contribution in [0.5, 0.6) is 11.5 Å². The van der Waals surface area contributed by atoms with Gasteiger partial charge >= 0.3 is 0 Å². The molecule has 33 heavy (non-hydrogen) atoms. The number of hydrogen-bond donors (Lipinski definition) is 1. The average molecular weight is 456 g/mol. The van der Waals surface area contributed by atoms with E-state index in [-0.39, 0.29) is 17.9 Å². The maximum Gasteiger partial charge on any atom is 0.246 e. The van der Waals surface area contributed by atoms with E-state index >= 15 is 0 Å². The van der Waals surface area contributed by atoms with Gasteiger partial charge in [0.05, 0.1) is 0 Å². The molecule has 180 valence electrons. The van der Waals surface area contributed by atoms with Crippen LogP contribution in [0.15, 0.2) is 18.2 Å². The van der Waals surface area contributed by atoms with E-state index in [1.54, 1.807) is 0 Å². The Morgan fingerprint density at radius 1 is 1.03 bits per heavy atom. The molecular formula is C26H37N3O4. The van der Waals surface area contributed by atoms with Crippen molar-refractivity contribution in [2.45, 2.75) is 76.4 Å². The second-order valence-corrected chi connectivity index (χ2v) is 10.1. The summed E-state index contributed by atoms with van der Waals surface area (Å²) in [6, 6.07) is 5.78. The van der Waals surface area contributed by atoms with Crippen LogP contribution in [-0.2, 0) is 16.1 Å². The smallest absolute Gasteiger partial charge is 0.246 e. The molecule has 1 atom stereocenters. The fourth-order valence-electron chi connectivity index (χ4n) is 6.27. The first-order valence-electron chi connectivity index (χ1n) is 12.8. The number of likely N-dealkylation sites (N-methyl/N-ethyl adjacent to an activating group) is 1.